The van der Waals surface area contributed by atoms with Crippen molar-refractivity contribution in [2.24, 2.45) is 0 Å². The Bertz CT molecular complexity index is 148. The van der Waals surface area contributed by atoms with Crippen LogP contribution in [0.5, 0.6) is 0 Å². The number of halogens is 1. The van der Waals surface area contributed by atoms with Crippen LogP contribution in [0.4, 0.5) is 0 Å². The molecule has 0 heterocycles. The molecule has 56 valence electrons. The van der Waals surface area contributed by atoms with E-state index in [1.54, 1.807) is 0 Å². The van der Waals surface area contributed by atoms with Crippen LogP contribution in [0.3, 0.4) is 0 Å². The van der Waals surface area contributed by atoms with Gasteiger partial charge in [0.25, 0.3) is 0 Å². The van der Waals surface area contributed by atoms with Gasteiger partial charge in [0, 0.05) is 11.0 Å². The summed E-state index contributed by atoms with van der Waals surface area (Å²) in [6, 6.07) is 2.09. The van der Waals surface area contributed by atoms with E-state index in [1.807, 2.05) is 6.92 Å². The van der Waals surface area contributed by atoms with Gasteiger partial charge in [-0.1, -0.05) is 29.4 Å². The van der Waals surface area contributed by atoms with Crippen molar-refractivity contribution in [1.82, 2.24) is 5.32 Å². The van der Waals surface area contributed by atoms with Gasteiger partial charge in [0.15, 0.2) is 0 Å². The van der Waals surface area contributed by atoms with E-state index in [-0.39, 0.29) is 6.04 Å². The Balaban J connectivity index is 3.47. The van der Waals surface area contributed by atoms with Crippen LogP contribution in [0.1, 0.15) is 13.3 Å². The van der Waals surface area contributed by atoms with E-state index in [2.05, 4.69) is 33.9 Å². The average Bonchev–Trinajstić information content (AvgIpc) is 1.90. The number of nitrogens with one attached hydrogen (secondary N) is 1. The highest BCUT2D eigenvalue weighted by Gasteiger charge is 2.00. The van der Waals surface area contributed by atoms with Crippen molar-refractivity contribution >= 4 is 15.9 Å². The molecule has 0 fully saturated rings. The molecule has 1 N–H and O–H groups in total. The summed E-state index contributed by atoms with van der Waals surface area (Å²) < 4.78 is 0.876. The summed E-state index contributed by atoms with van der Waals surface area (Å²) in [5.74, 6) is 0. The van der Waals surface area contributed by atoms with Crippen molar-refractivity contribution in [3.63, 3.8) is 0 Å². The standard InChI is InChI=1S/C7H11BrN2/c1-3-7(4-9)10-5-6(2)8/h7,10H,2-3,5H2,1H3. The van der Waals surface area contributed by atoms with E-state index >= 15 is 0 Å². The summed E-state index contributed by atoms with van der Waals surface area (Å²) in [6.07, 6.45) is 0.830. The number of rotatable bonds is 4. The number of nitriles is 1. The first-order chi connectivity index (χ1) is 4.70. The van der Waals surface area contributed by atoms with Crippen LogP contribution < -0.4 is 5.32 Å². The first kappa shape index (κ1) is 9.67. The SMILES string of the molecule is C=C(Br)CNC(C#N)CC. The highest BCUT2D eigenvalue weighted by molar-refractivity contribution is 9.11. The molecule has 0 aliphatic carbocycles. The van der Waals surface area contributed by atoms with Crippen LogP contribution in [0.15, 0.2) is 11.1 Å². The molecule has 0 rings (SSSR count). The van der Waals surface area contributed by atoms with Gasteiger partial charge in [-0.05, 0) is 6.42 Å². The highest BCUT2D eigenvalue weighted by Crippen LogP contribution is 1.98. The maximum Gasteiger partial charge on any atom is 0.0953 e. The fourth-order valence-corrected chi connectivity index (χ4v) is 0.677. The minimum atomic E-state index is -0.0469. The highest BCUT2D eigenvalue weighted by atomic mass is 79.9. The Kier molecular flexibility index (Phi) is 5.27. The summed E-state index contributed by atoms with van der Waals surface area (Å²) in [6.45, 7) is 6.27. The lowest BCUT2D eigenvalue weighted by molar-refractivity contribution is 0.625. The van der Waals surface area contributed by atoms with Crippen LogP contribution in [-0.2, 0) is 0 Å². The third-order valence-electron chi connectivity index (χ3n) is 1.10. The molecule has 0 spiro atoms. The quantitative estimate of drug-likeness (QED) is 0.755. The average molecular weight is 203 g/mol. The van der Waals surface area contributed by atoms with E-state index in [4.69, 9.17) is 5.26 Å². The normalized spacial score (nSPS) is 12.1. The molecule has 3 heteroatoms. The molecule has 0 amide bonds. The molecule has 0 aliphatic heterocycles. The van der Waals surface area contributed by atoms with Crippen molar-refractivity contribution in [1.29, 1.82) is 5.26 Å². The fourth-order valence-electron chi connectivity index (χ4n) is 0.515. The van der Waals surface area contributed by atoms with Crippen LogP contribution in [0.2, 0.25) is 0 Å². The predicted molar refractivity (Wildman–Crippen MR) is 45.8 cm³/mol. The van der Waals surface area contributed by atoms with Gasteiger partial charge in [0.2, 0.25) is 0 Å². The molecule has 1 unspecified atom stereocenters. The molecule has 0 aliphatic rings. The molecule has 2 nitrogen and oxygen atoms in total. The molecule has 0 saturated carbocycles. The van der Waals surface area contributed by atoms with Gasteiger partial charge in [-0.3, -0.25) is 5.32 Å². The molecule has 0 radical (unpaired) electrons. The Labute approximate surface area is 70.0 Å². The first-order valence-corrected chi connectivity index (χ1v) is 3.96. The van der Waals surface area contributed by atoms with Gasteiger partial charge in [-0.25, -0.2) is 0 Å². The van der Waals surface area contributed by atoms with Crippen molar-refractivity contribution in [2.45, 2.75) is 19.4 Å². The van der Waals surface area contributed by atoms with Crippen molar-refractivity contribution in [3.8, 4) is 6.07 Å². The zero-order chi connectivity index (χ0) is 7.98. The molecule has 0 aromatic heterocycles. The lowest BCUT2D eigenvalue weighted by atomic mass is 10.2. The molecule has 0 aromatic carbocycles. The van der Waals surface area contributed by atoms with Crippen LogP contribution >= 0.6 is 15.9 Å². The molecular formula is C7H11BrN2. The minimum Gasteiger partial charge on any atom is -0.297 e. The lowest BCUT2D eigenvalue weighted by Gasteiger charge is -2.06. The summed E-state index contributed by atoms with van der Waals surface area (Å²) in [4.78, 5) is 0. The Morgan fingerprint density at radius 3 is 2.80 bits per heavy atom. The van der Waals surface area contributed by atoms with Gasteiger partial charge in [-0.2, -0.15) is 5.26 Å². The minimum absolute atomic E-state index is 0.0469. The maximum absolute atomic E-state index is 8.48. The van der Waals surface area contributed by atoms with Gasteiger partial charge in [-0.15, -0.1) is 0 Å². The van der Waals surface area contributed by atoms with Gasteiger partial charge >= 0.3 is 0 Å². The van der Waals surface area contributed by atoms with Gasteiger partial charge in [0.1, 0.15) is 0 Å². The molecule has 0 aromatic rings. The molecule has 0 bridgehead atoms. The Morgan fingerprint density at radius 2 is 2.50 bits per heavy atom. The van der Waals surface area contributed by atoms with Crippen molar-refractivity contribution < 1.29 is 0 Å². The molecule has 0 saturated heterocycles. The van der Waals surface area contributed by atoms with E-state index in [1.165, 1.54) is 0 Å². The predicted octanol–water partition coefficient (Wildman–Crippen LogP) is 1.79. The topological polar surface area (TPSA) is 35.8 Å². The number of hydrogen-bond donors (Lipinski definition) is 1. The lowest BCUT2D eigenvalue weighted by Crippen LogP contribution is -2.27. The van der Waals surface area contributed by atoms with Crippen molar-refractivity contribution in [3.05, 3.63) is 11.1 Å². The summed E-state index contributed by atoms with van der Waals surface area (Å²) in [5, 5.41) is 11.5. The zero-order valence-electron chi connectivity index (χ0n) is 6.02. The van der Waals surface area contributed by atoms with E-state index in [0.717, 1.165) is 10.9 Å². The van der Waals surface area contributed by atoms with Crippen molar-refractivity contribution in [2.75, 3.05) is 6.54 Å². The Hall–Kier alpha value is -0.330. The van der Waals surface area contributed by atoms with E-state index in [9.17, 15) is 0 Å². The molecular weight excluding hydrogens is 192 g/mol. The first-order valence-electron chi connectivity index (χ1n) is 3.17. The second kappa shape index (κ2) is 5.45. The van der Waals surface area contributed by atoms with Crippen LogP contribution in [0.25, 0.3) is 0 Å². The third kappa shape index (κ3) is 4.54. The van der Waals surface area contributed by atoms with Crippen LogP contribution in [0, 0.1) is 11.3 Å². The monoisotopic (exact) mass is 202 g/mol. The van der Waals surface area contributed by atoms with E-state index < -0.39 is 0 Å². The summed E-state index contributed by atoms with van der Waals surface area (Å²) in [5.41, 5.74) is 0. The number of nitrogens with zero attached hydrogens (tertiary/aromatic N) is 1. The largest absolute Gasteiger partial charge is 0.297 e. The molecule has 10 heavy (non-hydrogen) atoms. The summed E-state index contributed by atoms with van der Waals surface area (Å²) in [7, 11) is 0. The van der Waals surface area contributed by atoms with Crippen LogP contribution in [-0.4, -0.2) is 12.6 Å². The maximum atomic E-state index is 8.48. The van der Waals surface area contributed by atoms with E-state index in [0.29, 0.717) is 6.54 Å². The fraction of sp³-hybridized carbons (Fsp3) is 0.571. The zero-order valence-corrected chi connectivity index (χ0v) is 7.61. The smallest absolute Gasteiger partial charge is 0.0953 e. The third-order valence-corrected chi connectivity index (χ3v) is 1.38. The Morgan fingerprint density at radius 1 is 1.90 bits per heavy atom. The summed E-state index contributed by atoms with van der Waals surface area (Å²) >= 11 is 3.19. The second-order valence-corrected chi connectivity index (χ2v) is 3.11. The second-order valence-electron chi connectivity index (χ2n) is 1.99. The van der Waals surface area contributed by atoms with Gasteiger partial charge in [0.05, 0.1) is 12.1 Å². The van der Waals surface area contributed by atoms with Gasteiger partial charge < -0.3 is 0 Å². The molecule has 1 atom stereocenters. The number of hydrogen-bond acceptors (Lipinski definition) is 2.